The molecule has 0 aliphatic rings. The first-order valence-electron chi connectivity index (χ1n) is 5.32. The fraction of sp³-hybridized carbons (Fsp3) is 0.769. The number of rotatable bonds is 0. The maximum Gasteiger partial charge on any atom is 0.0791 e. The van der Waals surface area contributed by atoms with Crippen molar-refractivity contribution in [3.8, 4) is 0 Å². The summed E-state index contributed by atoms with van der Waals surface area (Å²) in [6.45, 7) is 17.5. The monoisotopic (exact) mass is 229 g/mol. The third kappa shape index (κ3) is 86.0. The first-order valence-corrected chi connectivity index (χ1v) is 6.26. The predicted molar refractivity (Wildman–Crippen MR) is 72.4 cm³/mol. The lowest BCUT2D eigenvalue weighted by Gasteiger charge is -2.05. The number of thiazole rings is 1. The van der Waals surface area contributed by atoms with Crippen LogP contribution in [0.2, 0.25) is 0 Å². The number of hydrogen-bond acceptors (Lipinski definition) is 2. The van der Waals surface area contributed by atoms with E-state index in [1.165, 1.54) is 0 Å². The second-order valence-electron chi connectivity index (χ2n) is 6.68. The molecule has 2 heteroatoms. The number of aromatic nitrogens is 1. The van der Waals surface area contributed by atoms with E-state index < -0.39 is 0 Å². The first-order chi connectivity index (χ1) is 6.50. The molecule has 90 valence electrons. The van der Waals surface area contributed by atoms with E-state index in [-0.39, 0.29) is 0 Å². The summed E-state index contributed by atoms with van der Waals surface area (Å²) in [6, 6.07) is 0. The van der Waals surface area contributed by atoms with Gasteiger partial charge in [-0.05, 0) is 10.8 Å². The van der Waals surface area contributed by atoms with Crippen molar-refractivity contribution in [1.82, 2.24) is 4.98 Å². The Kier molecular flexibility index (Phi) is 8.93. The summed E-state index contributed by atoms with van der Waals surface area (Å²) in [6.07, 6.45) is 1.77. The molecule has 0 bridgehead atoms. The molecule has 0 aliphatic heterocycles. The van der Waals surface area contributed by atoms with Gasteiger partial charge in [-0.25, -0.2) is 0 Å². The summed E-state index contributed by atoms with van der Waals surface area (Å²) >= 11 is 1.60. The molecular formula is C13H27NS. The fourth-order valence-electron chi connectivity index (χ4n) is 0.176. The first kappa shape index (κ1) is 17.0. The summed E-state index contributed by atoms with van der Waals surface area (Å²) in [4.78, 5) is 3.74. The Morgan fingerprint density at radius 3 is 1.20 bits per heavy atom. The molecule has 0 spiro atoms. The molecule has 0 aromatic carbocycles. The standard InChI is InChI=1S/2C5H12.C3H3NS/c2*1-5(2,3)4;1-2-5-3-4-1/h2*1-4H3;1-3H. The van der Waals surface area contributed by atoms with Gasteiger partial charge in [0, 0.05) is 11.6 Å². The Bertz CT molecular complexity index is 160. The van der Waals surface area contributed by atoms with Crippen molar-refractivity contribution in [3.63, 3.8) is 0 Å². The molecular weight excluding hydrogens is 202 g/mol. The second-order valence-corrected chi connectivity index (χ2v) is 7.43. The van der Waals surface area contributed by atoms with Crippen molar-refractivity contribution in [2.45, 2.75) is 55.4 Å². The Labute approximate surface area is 100.0 Å². The molecule has 0 fully saturated rings. The molecule has 0 atom stereocenters. The van der Waals surface area contributed by atoms with Crippen LogP contribution in [0.4, 0.5) is 0 Å². The van der Waals surface area contributed by atoms with Gasteiger partial charge in [0.1, 0.15) is 0 Å². The van der Waals surface area contributed by atoms with Gasteiger partial charge in [0.25, 0.3) is 0 Å². The van der Waals surface area contributed by atoms with Crippen molar-refractivity contribution < 1.29 is 0 Å². The Morgan fingerprint density at radius 2 is 1.13 bits per heavy atom. The van der Waals surface area contributed by atoms with E-state index in [1.54, 1.807) is 23.0 Å². The van der Waals surface area contributed by atoms with Crippen molar-refractivity contribution in [3.05, 3.63) is 17.1 Å². The summed E-state index contributed by atoms with van der Waals surface area (Å²) in [5.41, 5.74) is 2.79. The molecule has 15 heavy (non-hydrogen) atoms. The largest absolute Gasteiger partial charge is 0.253 e. The quantitative estimate of drug-likeness (QED) is 0.592. The highest BCUT2D eigenvalue weighted by Gasteiger charge is 1.96. The molecule has 0 radical (unpaired) electrons. The van der Waals surface area contributed by atoms with Crippen molar-refractivity contribution in [2.24, 2.45) is 10.8 Å². The summed E-state index contributed by atoms with van der Waals surface area (Å²) in [5.74, 6) is 0. The molecule has 0 saturated heterocycles. The van der Waals surface area contributed by atoms with Gasteiger partial charge < -0.3 is 0 Å². The lowest BCUT2D eigenvalue weighted by atomic mass is 10.0. The van der Waals surface area contributed by atoms with Gasteiger partial charge in [-0.1, -0.05) is 55.4 Å². The van der Waals surface area contributed by atoms with E-state index >= 15 is 0 Å². The van der Waals surface area contributed by atoms with Crippen LogP contribution >= 0.6 is 11.3 Å². The SMILES string of the molecule is CC(C)(C)C.CC(C)(C)C.c1cscn1. The van der Waals surface area contributed by atoms with Crippen molar-refractivity contribution in [1.29, 1.82) is 0 Å². The highest BCUT2D eigenvalue weighted by atomic mass is 32.1. The van der Waals surface area contributed by atoms with E-state index in [0.717, 1.165) is 0 Å². The smallest absolute Gasteiger partial charge is 0.0791 e. The zero-order valence-corrected chi connectivity index (χ0v) is 12.4. The van der Waals surface area contributed by atoms with Crippen LogP contribution < -0.4 is 0 Å². The topological polar surface area (TPSA) is 12.9 Å². The summed E-state index contributed by atoms with van der Waals surface area (Å²) < 4.78 is 0. The Morgan fingerprint density at radius 1 is 0.800 bits per heavy atom. The van der Waals surface area contributed by atoms with Crippen molar-refractivity contribution >= 4 is 11.3 Å². The molecule has 0 unspecified atom stereocenters. The van der Waals surface area contributed by atoms with Gasteiger partial charge in [0.15, 0.2) is 0 Å². The summed E-state index contributed by atoms with van der Waals surface area (Å²) in [7, 11) is 0. The van der Waals surface area contributed by atoms with E-state index in [0.29, 0.717) is 10.8 Å². The maximum atomic E-state index is 3.74. The van der Waals surface area contributed by atoms with Crippen LogP contribution in [-0.4, -0.2) is 4.98 Å². The molecule has 0 saturated carbocycles. The highest BCUT2D eigenvalue weighted by Crippen LogP contribution is 2.08. The van der Waals surface area contributed by atoms with Gasteiger partial charge in [-0.15, -0.1) is 11.3 Å². The number of nitrogens with zero attached hydrogens (tertiary/aromatic N) is 1. The zero-order chi connectivity index (χ0) is 12.5. The van der Waals surface area contributed by atoms with Gasteiger partial charge >= 0.3 is 0 Å². The average molecular weight is 229 g/mol. The number of hydrogen-bond donors (Lipinski definition) is 0. The summed E-state index contributed by atoms with van der Waals surface area (Å²) in [5, 5.41) is 1.93. The van der Waals surface area contributed by atoms with Crippen molar-refractivity contribution in [2.75, 3.05) is 0 Å². The molecule has 0 amide bonds. The van der Waals surface area contributed by atoms with Crippen LogP contribution in [0.15, 0.2) is 17.1 Å². The highest BCUT2D eigenvalue weighted by molar-refractivity contribution is 7.07. The van der Waals surface area contributed by atoms with Crippen LogP contribution in [-0.2, 0) is 0 Å². The van der Waals surface area contributed by atoms with E-state index in [9.17, 15) is 0 Å². The van der Waals surface area contributed by atoms with Gasteiger partial charge in [-0.3, -0.25) is 4.98 Å². The zero-order valence-electron chi connectivity index (χ0n) is 11.6. The molecule has 0 aliphatic carbocycles. The van der Waals surface area contributed by atoms with Crippen LogP contribution in [0.25, 0.3) is 0 Å². The van der Waals surface area contributed by atoms with E-state index in [4.69, 9.17) is 0 Å². The molecule has 1 heterocycles. The van der Waals surface area contributed by atoms with Crippen LogP contribution in [0.1, 0.15) is 55.4 Å². The third-order valence-electron chi connectivity index (χ3n) is 0.347. The normalized spacial score (nSPS) is 10.7. The maximum absolute atomic E-state index is 3.74. The minimum absolute atomic E-state index is 0.500. The van der Waals surface area contributed by atoms with E-state index in [1.807, 2.05) is 5.38 Å². The van der Waals surface area contributed by atoms with Crippen LogP contribution in [0, 0.1) is 10.8 Å². The minimum Gasteiger partial charge on any atom is -0.253 e. The average Bonchev–Trinajstić information content (AvgIpc) is 2.28. The third-order valence-corrected chi connectivity index (χ3v) is 0.869. The van der Waals surface area contributed by atoms with Gasteiger partial charge in [0.2, 0.25) is 0 Å². The fourth-order valence-corrected chi connectivity index (χ4v) is 0.527. The van der Waals surface area contributed by atoms with Crippen LogP contribution in [0.3, 0.4) is 0 Å². The minimum atomic E-state index is 0.500. The molecule has 1 aromatic rings. The van der Waals surface area contributed by atoms with E-state index in [2.05, 4.69) is 60.4 Å². The molecule has 1 nitrogen and oxygen atoms in total. The molecule has 1 aromatic heterocycles. The lowest BCUT2D eigenvalue weighted by molar-refractivity contribution is 0.469. The lowest BCUT2D eigenvalue weighted by Crippen LogP contribution is -1.93. The second kappa shape index (κ2) is 7.86. The predicted octanol–water partition coefficient (Wildman–Crippen LogP) is 5.25. The van der Waals surface area contributed by atoms with Gasteiger partial charge in [0.05, 0.1) is 5.51 Å². The van der Waals surface area contributed by atoms with Gasteiger partial charge in [-0.2, -0.15) is 0 Å². The molecule has 0 N–H and O–H groups in total. The Balaban J connectivity index is 0. The Hall–Kier alpha value is -0.370. The molecule has 1 rings (SSSR count). The van der Waals surface area contributed by atoms with Crippen LogP contribution in [0.5, 0.6) is 0 Å².